The van der Waals surface area contributed by atoms with Gasteiger partial charge < -0.3 is 30.1 Å². The number of methoxy groups -OCH3 is 1. The molecule has 4 atom stereocenters. The Balaban J connectivity index is 1.30. The van der Waals surface area contributed by atoms with Gasteiger partial charge in [0, 0.05) is 36.4 Å². The van der Waals surface area contributed by atoms with Gasteiger partial charge in [-0.25, -0.2) is 15.0 Å². The van der Waals surface area contributed by atoms with E-state index in [0.29, 0.717) is 46.0 Å². The zero-order chi connectivity index (χ0) is 29.1. The summed E-state index contributed by atoms with van der Waals surface area (Å²) in [4.78, 5) is 41.4. The normalized spacial score (nSPS) is 19.8. The maximum absolute atomic E-state index is 13.5. The molecule has 0 spiro atoms. The molecule has 41 heavy (non-hydrogen) atoms. The summed E-state index contributed by atoms with van der Waals surface area (Å²) in [5, 5.41) is 16.4. The topological polar surface area (TPSA) is 139 Å². The lowest BCUT2D eigenvalue weighted by Crippen LogP contribution is -2.46. The molecule has 2 aliphatic heterocycles. The van der Waals surface area contributed by atoms with Crippen molar-refractivity contribution in [2.45, 2.75) is 57.5 Å². The second-order valence-electron chi connectivity index (χ2n) is 10.3. The fraction of sp³-hybridized carbons (Fsp3) is 0.414. The molecule has 1 aromatic carbocycles. The van der Waals surface area contributed by atoms with E-state index in [9.17, 15) is 14.7 Å². The molecule has 3 aromatic rings. The van der Waals surface area contributed by atoms with E-state index >= 15 is 0 Å². The highest BCUT2D eigenvalue weighted by atomic mass is 35.5. The van der Waals surface area contributed by atoms with Crippen LogP contribution in [0, 0.1) is 0 Å². The number of aliphatic hydroxyl groups excluding tert-OH is 1. The Labute approximate surface area is 243 Å². The van der Waals surface area contributed by atoms with Crippen LogP contribution in [0.3, 0.4) is 0 Å². The van der Waals surface area contributed by atoms with Gasteiger partial charge in [0.1, 0.15) is 6.04 Å². The monoisotopic (exact) mass is 580 g/mol. The van der Waals surface area contributed by atoms with Crippen molar-refractivity contribution in [3.63, 3.8) is 0 Å². The maximum atomic E-state index is 13.5. The number of hydrogen-bond donors (Lipinski definition) is 3. The Kier molecular flexibility index (Phi) is 8.67. The van der Waals surface area contributed by atoms with E-state index in [1.807, 2.05) is 19.1 Å². The number of amides is 2. The van der Waals surface area contributed by atoms with Crippen molar-refractivity contribution >= 4 is 29.4 Å². The Morgan fingerprint density at radius 2 is 2.12 bits per heavy atom. The van der Waals surface area contributed by atoms with Crippen LogP contribution in [0.2, 0.25) is 5.02 Å². The van der Waals surface area contributed by atoms with E-state index in [0.717, 1.165) is 18.4 Å². The van der Waals surface area contributed by atoms with Crippen LogP contribution in [0.5, 0.6) is 5.88 Å². The highest BCUT2D eigenvalue weighted by Gasteiger charge is 2.35. The first kappa shape index (κ1) is 28.7. The molecule has 11 nitrogen and oxygen atoms in total. The summed E-state index contributed by atoms with van der Waals surface area (Å²) in [6.07, 6.45) is 3.43. The van der Waals surface area contributed by atoms with Gasteiger partial charge in [-0.3, -0.25) is 9.59 Å². The van der Waals surface area contributed by atoms with Crippen LogP contribution >= 0.6 is 11.6 Å². The largest absolute Gasteiger partial charge is 0.481 e. The van der Waals surface area contributed by atoms with Gasteiger partial charge >= 0.3 is 0 Å². The molecule has 12 heteroatoms. The van der Waals surface area contributed by atoms with E-state index in [1.54, 1.807) is 37.4 Å². The lowest BCUT2D eigenvalue weighted by molar-refractivity contribution is -0.126. The maximum Gasteiger partial charge on any atom is 0.255 e. The van der Waals surface area contributed by atoms with Crippen LogP contribution in [0.1, 0.15) is 54.3 Å². The summed E-state index contributed by atoms with van der Waals surface area (Å²) in [6, 6.07) is 9.23. The number of carbonyl (C=O) groups excluding carboxylic acids is 2. The van der Waals surface area contributed by atoms with Crippen LogP contribution in [0.25, 0.3) is 11.3 Å². The molecule has 2 aliphatic rings. The predicted octanol–water partition coefficient (Wildman–Crippen LogP) is 3.37. The number of hydrogen-bond acceptors (Lipinski definition) is 9. The summed E-state index contributed by atoms with van der Waals surface area (Å²) in [5.41, 5.74) is 2.93. The summed E-state index contributed by atoms with van der Waals surface area (Å²) in [7, 11) is 1.49. The van der Waals surface area contributed by atoms with E-state index in [2.05, 4.69) is 25.6 Å². The third-order valence-corrected chi connectivity index (χ3v) is 7.71. The summed E-state index contributed by atoms with van der Waals surface area (Å²) < 4.78 is 10.8. The Bertz CT molecular complexity index is 1440. The van der Waals surface area contributed by atoms with Crippen molar-refractivity contribution < 1.29 is 24.2 Å². The number of nitrogens with one attached hydrogen (secondary N) is 2. The average molecular weight is 581 g/mol. The molecule has 2 amide bonds. The van der Waals surface area contributed by atoms with Crippen molar-refractivity contribution in [2.24, 2.45) is 0 Å². The molecule has 0 saturated carbocycles. The van der Waals surface area contributed by atoms with Crippen molar-refractivity contribution in [2.75, 3.05) is 25.6 Å². The molecule has 1 saturated heterocycles. The van der Waals surface area contributed by atoms with Gasteiger partial charge in [-0.1, -0.05) is 29.8 Å². The highest BCUT2D eigenvalue weighted by Crippen LogP contribution is 2.32. The van der Waals surface area contributed by atoms with Crippen LogP contribution in [0.4, 0.5) is 5.95 Å². The van der Waals surface area contributed by atoms with E-state index in [4.69, 9.17) is 21.1 Å². The molecule has 0 bridgehead atoms. The minimum atomic E-state index is -0.793. The number of carbonyl (C=O) groups is 2. The molecular formula is C29H33ClN6O5. The van der Waals surface area contributed by atoms with E-state index < -0.39 is 18.0 Å². The highest BCUT2D eigenvalue weighted by molar-refractivity contribution is 6.33. The zero-order valence-corrected chi connectivity index (χ0v) is 23.9. The van der Waals surface area contributed by atoms with Crippen molar-refractivity contribution in [3.05, 3.63) is 64.4 Å². The van der Waals surface area contributed by atoms with Crippen molar-refractivity contribution in [3.8, 4) is 17.1 Å². The summed E-state index contributed by atoms with van der Waals surface area (Å²) >= 11 is 6.48. The van der Waals surface area contributed by atoms with E-state index in [-0.39, 0.29) is 31.2 Å². The van der Waals surface area contributed by atoms with Gasteiger partial charge in [0.15, 0.2) is 0 Å². The number of fused-ring (bicyclic) bond motifs is 1. The first-order valence-corrected chi connectivity index (χ1v) is 13.9. The minimum absolute atomic E-state index is 0.163. The van der Waals surface area contributed by atoms with Crippen LogP contribution < -0.4 is 15.4 Å². The van der Waals surface area contributed by atoms with Gasteiger partial charge in [0.25, 0.3) is 5.91 Å². The van der Waals surface area contributed by atoms with Crippen molar-refractivity contribution in [1.82, 2.24) is 25.2 Å². The Morgan fingerprint density at radius 1 is 1.29 bits per heavy atom. The molecule has 0 radical (unpaired) electrons. The second-order valence-corrected chi connectivity index (χ2v) is 10.7. The van der Waals surface area contributed by atoms with Gasteiger partial charge in [0.2, 0.25) is 17.7 Å². The van der Waals surface area contributed by atoms with Gasteiger partial charge in [-0.2, -0.15) is 0 Å². The number of aliphatic hydroxyl groups is 1. The zero-order valence-electron chi connectivity index (χ0n) is 23.1. The first-order valence-electron chi connectivity index (χ1n) is 13.5. The third-order valence-electron chi connectivity index (χ3n) is 7.43. The molecule has 4 unspecified atom stereocenters. The van der Waals surface area contributed by atoms with Crippen molar-refractivity contribution in [1.29, 1.82) is 0 Å². The lowest BCUT2D eigenvalue weighted by Gasteiger charge is -2.28. The Hall–Kier alpha value is -3.80. The standard InChI is InChI=1S/C29H33ClN6O5/c1-16-11-20(9-10-41-16)32-29-31-13-22(30)26(35-29)18-7-8-19-14-36(28(39)21(19)12-18)17(2)27(38)34-24(15-37)23-5-4-6-25(33-23)40-3/h4-8,12-13,16-17,20,24,37H,9-11,14-15H2,1-3H3,(H,34,38)(H,31,32,35). The van der Waals surface area contributed by atoms with Crippen LogP contribution in [-0.2, 0) is 16.1 Å². The van der Waals surface area contributed by atoms with Crippen LogP contribution in [-0.4, -0.2) is 75.3 Å². The summed E-state index contributed by atoms with van der Waals surface area (Å²) in [6.45, 7) is 4.29. The second kappa shape index (κ2) is 12.4. The number of aromatic nitrogens is 3. The number of pyridine rings is 1. The fourth-order valence-electron chi connectivity index (χ4n) is 5.12. The van der Waals surface area contributed by atoms with Gasteiger partial charge in [-0.15, -0.1) is 0 Å². The quantitative estimate of drug-likeness (QED) is 0.347. The number of rotatable bonds is 9. The molecule has 3 N–H and O–H groups in total. The molecular weight excluding hydrogens is 548 g/mol. The number of ether oxygens (including phenoxy) is 2. The number of halogens is 1. The molecule has 2 aromatic heterocycles. The number of anilines is 1. The predicted molar refractivity (Wildman–Crippen MR) is 153 cm³/mol. The smallest absolute Gasteiger partial charge is 0.255 e. The molecule has 216 valence electrons. The lowest BCUT2D eigenvalue weighted by atomic mass is 10.0. The fourth-order valence-corrected chi connectivity index (χ4v) is 5.32. The minimum Gasteiger partial charge on any atom is -0.481 e. The Morgan fingerprint density at radius 3 is 2.88 bits per heavy atom. The summed E-state index contributed by atoms with van der Waals surface area (Å²) in [5.74, 6) is 0.150. The molecule has 1 fully saturated rings. The van der Waals surface area contributed by atoms with Crippen LogP contribution in [0.15, 0.2) is 42.6 Å². The molecule has 4 heterocycles. The average Bonchev–Trinajstić information content (AvgIpc) is 3.31. The molecule has 0 aliphatic carbocycles. The van der Waals surface area contributed by atoms with E-state index in [1.165, 1.54) is 12.0 Å². The number of benzene rings is 1. The first-order chi connectivity index (χ1) is 19.8. The van der Waals surface area contributed by atoms with Gasteiger partial charge in [0.05, 0.1) is 48.5 Å². The third kappa shape index (κ3) is 6.27. The SMILES string of the molecule is COc1cccc(C(CO)NC(=O)C(C)N2Cc3ccc(-c4nc(NC5CCOC(C)C5)ncc4Cl)cc3C2=O)n1. The number of nitrogens with zero attached hydrogens (tertiary/aromatic N) is 4. The van der Waals surface area contributed by atoms with Gasteiger partial charge in [-0.05, 0) is 44.4 Å². The molecule has 5 rings (SSSR count).